The maximum atomic E-state index is 11.6. The van der Waals surface area contributed by atoms with Crippen LogP contribution in [0, 0.1) is 0 Å². The Labute approximate surface area is 92.2 Å². The van der Waals surface area contributed by atoms with Gasteiger partial charge in [-0.05, 0) is 13.8 Å². The molecule has 0 fully saturated rings. The fourth-order valence-electron chi connectivity index (χ4n) is 1.21. The summed E-state index contributed by atoms with van der Waals surface area (Å²) in [5.74, 6) is -0.369. The van der Waals surface area contributed by atoms with Crippen LogP contribution in [0.1, 0.15) is 19.5 Å². The summed E-state index contributed by atoms with van der Waals surface area (Å²) in [7, 11) is 2.86. The Morgan fingerprint density at radius 2 is 2.07 bits per heavy atom. The van der Waals surface area contributed by atoms with Crippen LogP contribution < -0.4 is 10.5 Å². The Morgan fingerprint density at radius 1 is 1.47 bits per heavy atom. The lowest BCUT2D eigenvalue weighted by atomic mass is 9.90. The Balaban J connectivity index is 3.19. The first-order valence-corrected chi connectivity index (χ1v) is 5.14. The van der Waals surface area contributed by atoms with Crippen molar-refractivity contribution in [2.24, 2.45) is 0 Å². The summed E-state index contributed by atoms with van der Waals surface area (Å²) in [6, 6.07) is 0. The summed E-state index contributed by atoms with van der Waals surface area (Å²) in [6.45, 7) is 3.44. The minimum Gasteiger partial charge on any atom is -0.486 e. The predicted octanol–water partition coefficient (Wildman–Crippen LogP) is 1.18. The molecule has 1 aromatic rings. The Kier molecular flexibility index (Phi) is 3.18. The van der Waals surface area contributed by atoms with Gasteiger partial charge in [-0.2, -0.15) is 0 Å². The second-order valence-corrected chi connectivity index (χ2v) is 4.50. The zero-order chi connectivity index (χ0) is 11.6. The van der Waals surface area contributed by atoms with Crippen molar-refractivity contribution in [2.75, 3.05) is 20.0 Å². The molecule has 0 saturated heterocycles. The van der Waals surface area contributed by atoms with Crippen LogP contribution >= 0.6 is 11.3 Å². The average Bonchev–Trinajstić information content (AvgIpc) is 2.58. The van der Waals surface area contributed by atoms with E-state index in [0.29, 0.717) is 15.9 Å². The van der Waals surface area contributed by atoms with Crippen LogP contribution in [0.4, 0.5) is 5.13 Å². The first-order chi connectivity index (χ1) is 6.93. The molecule has 0 spiro atoms. The summed E-state index contributed by atoms with van der Waals surface area (Å²) in [6.07, 6.45) is 0. The normalized spacial score (nSPS) is 11.2. The van der Waals surface area contributed by atoms with Gasteiger partial charge in [0, 0.05) is 0 Å². The van der Waals surface area contributed by atoms with Crippen molar-refractivity contribution >= 4 is 22.4 Å². The summed E-state index contributed by atoms with van der Waals surface area (Å²) in [4.78, 5) is 15.7. The van der Waals surface area contributed by atoms with Crippen molar-refractivity contribution in [2.45, 2.75) is 19.3 Å². The van der Waals surface area contributed by atoms with Gasteiger partial charge in [0.05, 0.1) is 14.2 Å². The van der Waals surface area contributed by atoms with E-state index in [1.165, 1.54) is 25.6 Å². The summed E-state index contributed by atoms with van der Waals surface area (Å²) < 4.78 is 9.82. The molecule has 0 aliphatic heterocycles. The molecule has 2 N–H and O–H groups in total. The smallest absolute Gasteiger partial charge is 0.317 e. The highest BCUT2D eigenvalue weighted by atomic mass is 32.1. The van der Waals surface area contributed by atoms with Crippen LogP contribution in [0.15, 0.2) is 0 Å². The maximum Gasteiger partial charge on any atom is 0.317 e. The lowest BCUT2D eigenvalue weighted by molar-refractivity contribution is -0.146. The molecule has 15 heavy (non-hydrogen) atoms. The van der Waals surface area contributed by atoms with E-state index in [0.717, 1.165) is 0 Å². The van der Waals surface area contributed by atoms with Gasteiger partial charge in [-0.3, -0.25) is 4.79 Å². The van der Waals surface area contributed by atoms with E-state index in [4.69, 9.17) is 15.2 Å². The highest BCUT2D eigenvalue weighted by molar-refractivity contribution is 7.17. The quantitative estimate of drug-likeness (QED) is 0.789. The molecule has 5 nitrogen and oxygen atoms in total. The molecule has 0 amide bonds. The third kappa shape index (κ3) is 2.04. The van der Waals surface area contributed by atoms with Crippen LogP contribution in [0.5, 0.6) is 5.06 Å². The molecule has 0 aromatic carbocycles. The number of ether oxygens (including phenoxy) is 2. The van der Waals surface area contributed by atoms with Gasteiger partial charge in [0.2, 0.25) is 0 Å². The van der Waals surface area contributed by atoms with Gasteiger partial charge < -0.3 is 15.2 Å². The van der Waals surface area contributed by atoms with Gasteiger partial charge in [0.1, 0.15) is 11.1 Å². The zero-order valence-electron chi connectivity index (χ0n) is 9.16. The molecule has 1 aromatic heterocycles. The van der Waals surface area contributed by atoms with Crippen LogP contribution in [0.3, 0.4) is 0 Å². The number of anilines is 1. The van der Waals surface area contributed by atoms with E-state index in [1.807, 2.05) is 0 Å². The Morgan fingerprint density at radius 3 is 2.53 bits per heavy atom. The molecule has 0 bridgehead atoms. The topological polar surface area (TPSA) is 74.4 Å². The Bertz CT molecular complexity index is 373. The van der Waals surface area contributed by atoms with E-state index >= 15 is 0 Å². The highest BCUT2D eigenvalue weighted by Gasteiger charge is 2.37. The number of nitrogens with two attached hydrogens (primary N) is 1. The van der Waals surface area contributed by atoms with Crippen molar-refractivity contribution in [1.82, 2.24) is 4.98 Å². The van der Waals surface area contributed by atoms with Crippen molar-refractivity contribution in [3.8, 4) is 5.06 Å². The van der Waals surface area contributed by atoms with Gasteiger partial charge in [0.25, 0.3) is 0 Å². The maximum absolute atomic E-state index is 11.6. The average molecular weight is 230 g/mol. The molecular weight excluding hydrogens is 216 g/mol. The first-order valence-electron chi connectivity index (χ1n) is 4.32. The third-order valence-electron chi connectivity index (χ3n) is 2.09. The number of esters is 1. The molecule has 1 rings (SSSR count). The number of thiazole rings is 1. The number of carbonyl (C=O) groups is 1. The number of methoxy groups -OCH3 is 2. The number of aromatic nitrogens is 1. The van der Waals surface area contributed by atoms with E-state index in [2.05, 4.69) is 4.98 Å². The van der Waals surface area contributed by atoms with Gasteiger partial charge in [-0.1, -0.05) is 11.3 Å². The summed E-state index contributed by atoms with van der Waals surface area (Å²) in [5.41, 5.74) is 5.23. The van der Waals surface area contributed by atoms with Crippen LogP contribution in [-0.4, -0.2) is 25.2 Å². The Hall–Kier alpha value is -1.30. The molecule has 0 atom stereocenters. The van der Waals surface area contributed by atoms with E-state index in [-0.39, 0.29) is 5.97 Å². The molecule has 0 unspecified atom stereocenters. The zero-order valence-corrected chi connectivity index (χ0v) is 9.97. The summed E-state index contributed by atoms with van der Waals surface area (Å²) in [5, 5.41) is 0.918. The van der Waals surface area contributed by atoms with E-state index in [1.54, 1.807) is 13.8 Å². The van der Waals surface area contributed by atoms with Crippen LogP contribution in [-0.2, 0) is 14.9 Å². The number of hydrogen-bond donors (Lipinski definition) is 1. The third-order valence-corrected chi connectivity index (χ3v) is 2.93. The predicted molar refractivity (Wildman–Crippen MR) is 58.1 cm³/mol. The number of rotatable bonds is 3. The number of hydrogen-bond acceptors (Lipinski definition) is 6. The van der Waals surface area contributed by atoms with Crippen molar-refractivity contribution in [3.63, 3.8) is 0 Å². The molecule has 0 saturated carbocycles. The first kappa shape index (κ1) is 11.8. The van der Waals surface area contributed by atoms with Gasteiger partial charge in [-0.25, -0.2) is 4.98 Å². The number of nitrogen functional groups attached to an aromatic ring is 1. The number of carbonyl (C=O) groups excluding carboxylic acids is 1. The van der Waals surface area contributed by atoms with Crippen LogP contribution in [0.2, 0.25) is 0 Å². The molecule has 0 aliphatic carbocycles. The van der Waals surface area contributed by atoms with Crippen molar-refractivity contribution in [3.05, 3.63) is 5.69 Å². The van der Waals surface area contributed by atoms with Crippen LogP contribution in [0.25, 0.3) is 0 Å². The standard InChI is InChI=1S/C9H14N2O3S/c1-9(2,7(12)14-4)5-6(13-3)15-8(10)11-5/h1-4H3,(H2,10,11). The fourth-order valence-corrected chi connectivity index (χ4v) is 2.01. The largest absolute Gasteiger partial charge is 0.486 e. The molecule has 0 aliphatic rings. The molecule has 84 valence electrons. The minimum absolute atomic E-state index is 0.369. The molecular formula is C9H14N2O3S. The van der Waals surface area contributed by atoms with Crippen molar-refractivity contribution < 1.29 is 14.3 Å². The second kappa shape index (κ2) is 4.06. The lowest BCUT2D eigenvalue weighted by Gasteiger charge is -2.19. The lowest BCUT2D eigenvalue weighted by Crippen LogP contribution is -2.31. The fraction of sp³-hybridized carbons (Fsp3) is 0.556. The van der Waals surface area contributed by atoms with Gasteiger partial charge in [0.15, 0.2) is 10.2 Å². The van der Waals surface area contributed by atoms with Crippen molar-refractivity contribution in [1.29, 1.82) is 0 Å². The minimum atomic E-state index is -0.853. The van der Waals surface area contributed by atoms with Gasteiger partial charge in [-0.15, -0.1) is 0 Å². The molecule has 0 radical (unpaired) electrons. The molecule has 6 heteroatoms. The monoisotopic (exact) mass is 230 g/mol. The summed E-state index contributed by atoms with van der Waals surface area (Å²) >= 11 is 1.21. The second-order valence-electron chi connectivity index (χ2n) is 3.51. The number of nitrogens with zero attached hydrogens (tertiary/aromatic N) is 1. The molecule has 1 heterocycles. The van der Waals surface area contributed by atoms with E-state index < -0.39 is 5.41 Å². The van der Waals surface area contributed by atoms with Gasteiger partial charge >= 0.3 is 5.97 Å². The van der Waals surface area contributed by atoms with E-state index in [9.17, 15) is 4.79 Å². The SMILES string of the molecule is COC(=O)C(C)(C)c1nc(N)sc1OC. The highest BCUT2D eigenvalue weighted by Crippen LogP contribution is 2.37.